The molecule has 1 fully saturated rings. The zero-order valence-electron chi connectivity index (χ0n) is 18.3. The maximum Gasteiger partial charge on any atom is 0.145 e. The van der Waals surface area contributed by atoms with Gasteiger partial charge in [0.25, 0.3) is 0 Å². The van der Waals surface area contributed by atoms with E-state index in [2.05, 4.69) is 37.5 Å². The molecule has 1 aliphatic heterocycles. The van der Waals surface area contributed by atoms with E-state index in [9.17, 15) is 0 Å². The molecule has 7 nitrogen and oxygen atoms in total. The molecule has 2 aromatic heterocycles. The van der Waals surface area contributed by atoms with Crippen LogP contribution < -0.4 is 15.4 Å². The summed E-state index contributed by atoms with van der Waals surface area (Å²) in [6.07, 6.45) is 5.49. The van der Waals surface area contributed by atoms with Gasteiger partial charge in [0, 0.05) is 25.0 Å². The molecule has 0 amide bonds. The van der Waals surface area contributed by atoms with E-state index >= 15 is 0 Å². The lowest BCUT2D eigenvalue weighted by Gasteiger charge is -2.29. The molecule has 0 radical (unpaired) electrons. The molecule has 2 aromatic carbocycles. The maximum atomic E-state index is 6.54. The molecule has 8 heteroatoms. The Hall–Kier alpha value is -3.42. The zero-order chi connectivity index (χ0) is 22.6. The third kappa shape index (κ3) is 4.99. The number of pyridine rings is 1. The SMILES string of the molecule is CN1CCC(Oc2cccc3ncnc(Nc4ccc(Nc5ccccn5)c(Cl)c4)c23)CC1. The van der Waals surface area contributed by atoms with Gasteiger partial charge >= 0.3 is 0 Å². The highest BCUT2D eigenvalue weighted by Gasteiger charge is 2.20. The number of anilines is 4. The Labute approximate surface area is 197 Å². The number of hydrogen-bond acceptors (Lipinski definition) is 7. The summed E-state index contributed by atoms with van der Waals surface area (Å²) in [5.41, 5.74) is 2.43. The molecule has 0 bridgehead atoms. The number of piperidine rings is 1. The topological polar surface area (TPSA) is 75.2 Å². The molecule has 1 aliphatic rings. The van der Waals surface area contributed by atoms with E-state index < -0.39 is 0 Å². The van der Waals surface area contributed by atoms with Crippen LogP contribution in [-0.2, 0) is 0 Å². The van der Waals surface area contributed by atoms with Crippen molar-refractivity contribution in [1.29, 1.82) is 0 Å². The van der Waals surface area contributed by atoms with Crippen LogP contribution >= 0.6 is 11.6 Å². The second-order valence-electron chi connectivity index (χ2n) is 8.15. The number of benzene rings is 2. The molecule has 4 aromatic rings. The lowest BCUT2D eigenvalue weighted by molar-refractivity contribution is 0.116. The van der Waals surface area contributed by atoms with Crippen molar-refractivity contribution in [3.05, 3.63) is 72.1 Å². The van der Waals surface area contributed by atoms with Crippen LogP contribution in [0, 0.1) is 0 Å². The Morgan fingerprint density at radius 2 is 1.85 bits per heavy atom. The smallest absolute Gasteiger partial charge is 0.145 e. The fourth-order valence-electron chi connectivity index (χ4n) is 3.96. The van der Waals surface area contributed by atoms with E-state index in [1.165, 1.54) is 0 Å². The molecule has 0 spiro atoms. The van der Waals surface area contributed by atoms with Crippen LogP contribution in [0.2, 0.25) is 5.02 Å². The molecule has 0 saturated carbocycles. The monoisotopic (exact) mass is 460 g/mol. The Morgan fingerprint density at radius 1 is 0.970 bits per heavy atom. The van der Waals surface area contributed by atoms with Gasteiger partial charge in [-0.15, -0.1) is 0 Å². The first-order valence-corrected chi connectivity index (χ1v) is 11.4. The van der Waals surface area contributed by atoms with Crippen LogP contribution in [0.15, 0.2) is 67.1 Å². The molecule has 5 rings (SSSR count). The number of nitrogens with one attached hydrogen (secondary N) is 2. The number of rotatable bonds is 6. The molecule has 3 heterocycles. The Morgan fingerprint density at radius 3 is 2.64 bits per heavy atom. The van der Waals surface area contributed by atoms with Crippen molar-refractivity contribution in [2.75, 3.05) is 30.8 Å². The molecule has 0 unspecified atom stereocenters. The second kappa shape index (κ2) is 9.60. The quantitative estimate of drug-likeness (QED) is 0.385. The number of hydrogen-bond donors (Lipinski definition) is 2. The van der Waals surface area contributed by atoms with E-state index in [-0.39, 0.29) is 6.10 Å². The molecular formula is C25H25ClN6O. The second-order valence-corrected chi connectivity index (χ2v) is 8.56. The van der Waals surface area contributed by atoms with Crippen molar-refractivity contribution >= 4 is 45.5 Å². The van der Waals surface area contributed by atoms with Gasteiger partial charge in [-0.1, -0.05) is 23.7 Å². The van der Waals surface area contributed by atoms with Crippen molar-refractivity contribution in [1.82, 2.24) is 19.9 Å². The van der Waals surface area contributed by atoms with Crippen molar-refractivity contribution in [3.8, 4) is 5.75 Å². The fourth-order valence-corrected chi connectivity index (χ4v) is 4.19. The summed E-state index contributed by atoms with van der Waals surface area (Å²) in [6.45, 7) is 2.07. The first-order chi connectivity index (χ1) is 16.2. The van der Waals surface area contributed by atoms with E-state index in [4.69, 9.17) is 16.3 Å². The standard InChI is InChI=1S/C25H25ClN6O/c1-32-13-10-18(11-14-32)33-22-6-4-5-21-24(22)25(29-16-28-21)30-17-8-9-20(19(26)15-17)31-23-7-2-3-12-27-23/h2-9,12,15-16,18H,10-11,13-14H2,1H3,(H,27,31)(H,28,29,30). The van der Waals surface area contributed by atoms with Gasteiger partial charge in [0.1, 0.15) is 29.8 Å². The number of ether oxygens (including phenoxy) is 1. The summed E-state index contributed by atoms with van der Waals surface area (Å²) in [6, 6.07) is 17.3. The highest BCUT2D eigenvalue weighted by molar-refractivity contribution is 6.33. The van der Waals surface area contributed by atoms with Gasteiger partial charge in [0.15, 0.2) is 0 Å². The Kier molecular flexibility index (Phi) is 6.24. The van der Waals surface area contributed by atoms with Crippen molar-refractivity contribution in [3.63, 3.8) is 0 Å². The van der Waals surface area contributed by atoms with E-state index in [1.807, 2.05) is 54.6 Å². The first kappa shape index (κ1) is 21.4. The largest absolute Gasteiger partial charge is 0.489 e. The zero-order valence-corrected chi connectivity index (χ0v) is 19.1. The maximum absolute atomic E-state index is 6.54. The van der Waals surface area contributed by atoms with Crippen LogP contribution in [0.25, 0.3) is 10.9 Å². The van der Waals surface area contributed by atoms with Crippen LogP contribution in [-0.4, -0.2) is 46.1 Å². The number of fused-ring (bicyclic) bond motifs is 1. The van der Waals surface area contributed by atoms with Gasteiger partial charge in [0.05, 0.1) is 21.6 Å². The Bertz CT molecular complexity index is 1240. The van der Waals surface area contributed by atoms with Crippen LogP contribution in [0.5, 0.6) is 5.75 Å². The molecule has 33 heavy (non-hydrogen) atoms. The van der Waals surface area contributed by atoms with Crippen molar-refractivity contribution in [2.45, 2.75) is 18.9 Å². The van der Waals surface area contributed by atoms with Crippen LogP contribution in [0.3, 0.4) is 0 Å². The highest BCUT2D eigenvalue weighted by Crippen LogP contribution is 2.34. The van der Waals surface area contributed by atoms with Gasteiger partial charge in [0.2, 0.25) is 0 Å². The molecule has 2 N–H and O–H groups in total. The minimum Gasteiger partial charge on any atom is -0.489 e. The summed E-state index contributed by atoms with van der Waals surface area (Å²) in [5.74, 6) is 2.22. The summed E-state index contributed by atoms with van der Waals surface area (Å²) >= 11 is 6.54. The third-order valence-electron chi connectivity index (χ3n) is 5.74. The number of halogens is 1. The van der Waals surface area contributed by atoms with Crippen LogP contribution in [0.1, 0.15) is 12.8 Å². The molecule has 168 valence electrons. The normalized spacial score (nSPS) is 14.8. The van der Waals surface area contributed by atoms with E-state index in [1.54, 1.807) is 12.5 Å². The van der Waals surface area contributed by atoms with Gasteiger partial charge < -0.3 is 20.3 Å². The van der Waals surface area contributed by atoms with Crippen LogP contribution in [0.4, 0.5) is 23.0 Å². The van der Waals surface area contributed by atoms with Gasteiger partial charge in [-0.3, -0.25) is 0 Å². The molecule has 0 aliphatic carbocycles. The predicted octanol–water partition coefficient (Wildman–Crippen LogP) is 5.64. The van der Waals surface area contributed by atoms with Crippen molar-refractivity contribution in [2.24, 2.45) is 0 Å². The van der Waals surface area contributed by atoms with E-state index in [0.29, 0.717) is 10.8 Å². The molecular weight excluding hydrogens is 436 g/mol. The molecule has 1 saturated heterocycles. The lowest BCUT2D eigenvalue weighted by Crippen LogP contribution is -2.35. The minimum absolute atomic E-state index is 0.186. The van der Waals surface area contributed by atoms with Gasteiger partial charge in [-0.2, -0.15) is 0 Å². The number of aromatic nitrogens is 3. The average Bonchev–Trinajstić information content (AvgIpc) is 2.83. The predicted molar refractivity (Wildman–Crippen MR) is 133 cm³/mol. The van der Waals surface area contributed by atoms with Gasteiger partial charge in [-0.05, 0) is 62.4 Å². The first-order valence-electron chi connectivity index (χ1n) is 11.0. The lowest BCUT2D eigenvalue weighted by atomic mass is 10.1. The Balaban J connectivity index is 1.40. The third-order valence-corrected chi connectivity index (χ3v) is 6.06. The number of nitrogens with zero attached hydrogens (tertiary/aromatic N) is 4. The summed E-state index contributed by atoms with van der Waals surface area (Å²) < 4.78 is 6.41. The fraction of sp³-hybridized carbons (Fsp3) is 0.240. The molecule has 0 atom stereocenters. The van der Waals surface area contributed by atoms with Gasteiger partial charge in [-0.25, -0.2) is 15.0 Å². The minimum atomic E-state index is 0.186. The summed E-state index contributed by atoms with van der Waals surface area (Å²) in [5, 5.41) is 8.07. The summed E-state index contributed by atoms with van der Waals surface area (Å²) in [4.78, 5) is 15.6. The van der Waals surface area contributed by atoms with E-state index in [0.717, 1.165) is 59.8 Å². The highest BCUT2D eigenvalue weighted by atomic mass is 35.5. The average molecular weight is 461 g/mol. The number of likely N-dealkylation sites (tertiary alicyclic amines) is 1. The summed E-state index contributed by atoms with van der Waals surface area (Å²) in [7, 11) is 2.15. The van der Waals surface area contributed by atoms with Crippen molar-refractivity contribution < 1.29 is 4.74 Å².